The number of hydrogen-bond acceptors (Lipinski definition) is 8. The van der Waals surface area contributed by atoms with Gasteiger partial charge in [-0.3, -0.25) is 19.7 Å². The number of nitrogens with one attached hydrogen (secondary N) is 2. The van der Waals surface area contributed by atoms with Gasteiger partial charge >= 0.3 is 5.97 Å². The number of amides is 3. The summed E-state index contributed by atoms with van der Waals surface area (Å²) in [5.41, 5.74) is 0.509. The van der Waals surface area contributed by atoms with Crippen molar-refractivity contribution in [3.8, 4) is 11.5 Å². The zero-order valence-electron chi connectivity index (χ0n) is 21.2. The number of benzene rings is 3. The van der Waals surface area contributed by atoms with Crippen LogP contribution in [0.1, 0.15) is 28.4 Å². The van der Waals surface area contributed by atoms with E-state index < -0.39 is 47.1 Å². The number of halogens is 1. The molecule has 2 fully saturated rings. The molecule has 3 aliphatic rings. The number of anilines is 2. The number of phenolic OH excluding ortho intramolecular Hbond substituents is 2. The van der Waals surface area contributed by atoms with Gasteiger partial charge in [-0.15, -0.1) is 0 Å². The van der Waals surface area contributed by atoms with E-state index in [4.69, 9.17) is 16.3 Å². The Morgan fingerprint density at radius 3 is 2.45 bits per heavy atom. The van der Waals surface area contributed by atoms with Crippen molar-refractivity contribution in [3.63, 3.8) is 0 Å². The number of hydrogen-bond donors (Lipinski definition) is 4. The van der Waals surface area contributed by atoms with Crippen molar-refractivity contribution in [2.75, 3.05) is 16.8 Å². The fourth-order valence-electron chi connectivity index (χ4n) is 6.11. The molecule has 0 radical (unpaired) electrons. The van der Waals surface area contributed by atoms with Crippen LogP contribution in [0.4, 0.5) is 11.4 Å². The Morgan fingerprint density at radius 1 is 1.00 bits per heavy atom. The lowest BCUT2D eigenvalue weighted by molar-refractivity contribution is -0.130. The van der Waals surface area contributed by atoms with Crippen LogP contribution in [0.25, 0.3) is 0 Å². The van der Waals surface area contributed by atoms with Crippen molar-refractivity contribution < 1.29 is 34.1 Å². The number of phenols is 2. The maximum atomic E-state index is 14.1. The SMILES string of the molecule is CCOC(=O)c1ccc(N2C(=O)[C@@H]3[C@H](Cc4ccc(O)c(O)c4)N[C@]4(C(=O)Nc5ccc(Cl)cc54)[C@H]3C2=O)cc1. The minimum atomic E-state index is -1.57. The van der Waals surface area contributed by atoms with E-state index in [1.54, 1.807) is 31.2 Å². The van der Waals surface area contributed by atoms with Crippen molar-refractivity contribution in [1.82, 2.24) is 5.32 Å². The number of imide groups is 1. The van der Waals surface area contributed by atoms with Gasteiger partial charge in [0, 0.05) is 22.3 Å². The highest BCUT2D eigenvalue weighted by Gasteiger charge is 2.70. The molecule has 2 saturated heterocycles. The van der Waals surface area contributed by atoms with Crippen LogP contribution in [0, 0.1) is 11.8 Å². The molecule has 3 amide bonds. The van der Waals surface area contributed by atoms with Gasteiger partial charge in [0.2, 0.25) is 17.7 Å². The van der Waals surface area contributed by atoms with Crippen molar-refractivity contribution >= 4 is 46.7 Å². The van der Waals surface area contributed by atoms with Crippen LogP contribution in [-0.4, -0.2) is 46.6 Å². The monoisotopic (exact) mass is 561 g/mol. The Morgan fingerprint density at radius 2 is 1.75 bits per heavy atom. The van der Waals surface area contributed by atoms with Crippen LogP contribution < -0.4 is 15.5 Å². The van der Waals surface area contributed by atoms with Gasteiger partial charge in [-0.25, -0.2) is 9.69 Å². The highest BCUT2D eigenvalue weighted by Crippen LogP contribution is 2.54. The molecule has 0 aliphatic carbocycles. The first-order valence-electron chi connectivity index (χ1n) is 12.7. The Bertz CT molecular complexity index is 1590. The molecule has 10 nitrogen and oxygen atoms in total. The number of carbonyl (C=O) groups excluding carboxylic acids is 4. The first-order valence-corrected chi connectivity index (χ1v) is 13.1. The van der Waals surface area contributed by atoms with Crippen LogP contribution in [-0.2, 0) is 31.1 Å². The van der Waals surface area contributed by atoms with E-state index in [1.807, 2.05) is 0 Å². The number of fused-ring (bicyclic) bond motifs is 4. The van der Waals surface area contributed by atoms with E-state index in [2.05, 4.69) is 10.6 Å². The Labute approximate surface area is 233 Å². The summed E-state index contributed by atoms with van der Waals surface area (Å²) in [6.07, 6.45) is 0.175. The third kappa shape index (κ3) is 3.75. The topological polar surface area (TPSA) is 145 Å². The van der Waals surface area contributed by atoms with E-state index in [9.17, 15) is 29.4 Å². The summed E-state index contributed by atoms with van der Waals surface area (Å²) < 4.78 is 5.02. The fraction of sp³-hybridized carbons (Fsp3) is 0.241. The summed E-state index contributed by atoms with van der Waals surface area (Å²) in [5.74, 6) is -4.72. The van der Waals surface area contributed by atoms with Crippen molar-refractivity contribution in [2.24, 2.45) is 11.8 Å². The van der Waals surface area contributed by atoms with Gasteiger partial charge in [-0.2, -0.15) is 0 Å². The number of nitrogens with zero attached hydrogens (tertiary/aromatic N) is 1. The molecule has 11 heteroatoms. The second-order valence-corrected chi connectivity index (χ2v) is 10.4. The van der Waals surface area contributed by atoms with Gasteiger partial charge < -0.3 is 20.3 Å². The lowest BCUT2D eigenvalue weighted by Gasteiger charge is -2.29. The predicted molar refractivity (Wildman–Crippen MR) is 144 cm³/mol. The summed E-state index contributed by atoms with van der Waals surface area (Å²) in [6.45, 7) is 1.90. The van der Waals surface area contributed by atoms with Gasteiger partial charge in [0.05, 0.1) is 29.7 Å². The number of ether oxygens (including phenoxy) is 1. The molecule has 3 aromatic carbocycles. The third-order valence-electron chi connectivity index (χ3n) is 7.81. The van der Waals surface area contributed by atoms with Gasteiger partial charge in [-0.1, -0.05) is 17.7 Å². The predicted octanol–water partition coefficient (Wildman–Crippen LogP) is 3.10. The normalized spacial score (nSPS) is 24.8. The average molecular weight is 562 g/mol. The summed E-state index contributed by atoms with van der Waals surface area (Å²) in [5, 5.41) is 26.3. The lowest BCUT2D eigenvalue weighted by atomic mass is 9.76. The molecule has 0 aromatic heterocycles. The summed E-state index contributed by atoms with van der Waals surface area (Å²) in [4.78, 5) is 54.9. The molecule has 6 rings (SSSR count). The molecule has 4 N–H and O–H groups in total. The molecule has 40 heavy (non-hydrogen) atoms. The molecule has 0 unspecified atom stereocenters. The maximum Gasteiger partial charge on any atom is 0.338 e. The van der Waals surface area contributed by atoms with E-state index in [-0.39, 0.29) is 35.8 Å². The molecule has 0 bridgehead atoms. The molecule has 4 atom stereocenters. The summed E-state index contributed by atoms with van der Waals surface area (Å²) in [7, 11) is 0. The molecule has 204 valence electrons. The quantitative estimate of drug-likeness (QED) is 0.211. The van der Waals surface area contributed by atoms with E-state index in [1.165, 1.54) is 36.4 Å². The second kappa shape index (κ2) is 9.35. The van der Waals surface area contributed by atoms with Gasteiger partial charge in [-0.05, 0) is 73.5 Å². The van der Waals surface area contributed by atoms with Crippen LogP contribution in [0.15, 0.2) is 60.7 Å². The zero-order chi connectivity index (χ0) is 28.3. The number of esters is 1. The van der Waals surface area contributed by atoms with Crippen molar-refractivity contribution in [3.05, 3.63) is 82.4 Å². The van der Waals surface area contributed by atoms with E-state index in [0.29, 0.717) is 21.8 Å². The smallest absolute Gasteiger partial charge is 0.338 e. The molecular weight excluding hydrogens is 538 g/mol. The van der Waals surface area contributed by atoms with Crippen molar-refractivity contribution in [2.45, 2.75) is 24.9 Å². The standard InChI is InChI=1S/C29H24ClN3O7/c1-2-40-27(38)15-4-7-17(8-5-15)33-25(36)23-20(11-14-3-10-21(34)22(35)12-14)32-29(24(23)26(33)37)18-13-16(30)6-9-19(18)31-28(29)39/h3-10,12-13,20,23-24,32,34-35H,2,11H2,1H3,(H,31,39)/t20-,23+,24+,29-/m0/s1. The fourth-order valence-corrected chi connectivity index (χ4v) is 6.29. The highest BCUT2D eigenvalue weighted by atomic mass is 35.5. The van der Waals surface area contributed by atoms with Crippen LogP contribution in [0.3, 0.4) is 0 Å². The minimum Gasteiger partial charge on any atom is -0.504 e. The van der Waals surface area contributed by atoms with Crippen LogP contribution in [0.2, 0.25) is 5.02 Å². The molecule has 3 aliphatic heterocycles. The van der Waals surface area contributed by atoms with Gasteiger partial charge in [0.1, 0.15) is 5.54 Å². The summed E-state index contributed by atoms with van der Waals surface area (Å²) >= 11 is 6.31. The highest BCUT2D eigenvalue weighted by molar-refractivity contribution is 6.31. The largest absolute Gasteiger partial charge is 0.504 e. The number of aromatic hydroxyl groups is 2. The number of rotatable bonds is 5. The Hall–Kier alpha value is -4.41. The van der Waals surface area contributed by atoms with Crippen LogP contribution in [0.5, 0.6) is 11.5 Å². The Kier molecular flexibility index (Phi) is 6.04. The van der Waals surface area contributed by atoms with Gasteiger partial charge in [0.25, 0.3) is 0 Å². The summed E-state index contributed by atoms with van der Waals surface area (Å²) in [6, 6.07) is 14.5. The Balaban J connectivity index is 1.44. The number of carbonyl (C=O) groups is 4. The lowest BCUT2D eigenvalue weighted by Crippen LogP contribution is -2.53. The average Bonchev–Trinajstić information content (AvgIpc) is 3.50. The van der Waals surface area contributed by atoms with E-state index >= 15 is 0 Å². The van der Waals surface area contributed by atoms with Crippen molar-refractivity contribution in [1.29, 1.82) is 0 Å². The van der Waals surface area contributed by atoms with Gasteiger partial charge in [0.15, 0.2) is 11.5 Å². The minimum absolute atomic E-state index is 0.175. The van der Waals surface area contributed by atoms with E-state index in [0.717, 1.165) is 4.90 Å². The molecule has 3 heterocycles. The molecular formula is C29H24ClN3O7. The first-order chi connectivity index (χ1) is 19.1. The molecule has 0 saturated carbocycles. The molecule has 1 spiro atoms. The third-order valence-corrected chi connectivity index (χ3v) is 8.04. The molecule has 3 aromatic rings. The van der Waals surface area contributed by atoms with Crippen LogP contribution >= 0.6 is 11.6 Å². The second-order valence-electron chi connectivity index (χ2n) is 10.0. The zero-order valence-corrected chi connectivity index (χ0v) is 21.9. The first kappa shape index (κ1) is 25.8. The maximum absolute atomic E-state index is 14.1.